The Morgan fingerprint density at radius 2 is 2.14 bits per heavy atom. The molecule has 1 aromatic rings. The average molecular weight is 210 g/mol. The predicted octanol–water partition coefficient (Wildman–Crippen LogP) is 2.29. The van der Waals surface area contributed by atoms with E-state index in [4.69, 9.17) is 5.73 Å². The minimum atomic E-state index is -0.357. The van der Waals surface area contributed by atoms with Crippen molar-refractivity contribution in [2.75, 3.05) is 0 Å². The van der Waals surface area contributed by atoms with Crippen molar-refractivity contribution in [2.24, 2.45) is 5.73 Å². The SMILES string of the molecule is NC(=O)c1cnc(C2CCCCC2)s1. The molecule has 1 aliphatic rings. The van der Waals surface area contributed by atoms with Crippen molar-refractivity contribution in [3.05, 3.63) is 16.1 Å². The second-order valence-electron chi connectivity index (χ2n) is 3.76. The number of hydrogen-bond acceptors (Lipinski definition) is 3. The first kappa shape index (κ1) is 9.65. The molecule has 1 aromatic heterocycles. The van der Waals surface area contributed by atoms with Gasteiger partial charge in [-0.05, 0) is 12.8 Å². The summed E-state index contributed by atoms with van der Waals surface area (Å²) in [7, 11) is 0. The van der Waals surface area contributed by atoms with Gasteiger partial charge in [-0.1, -0.05) is 19.3 Å². The summed E-state index contributed by atoms with van der Waals surface area (Å²) in [5.74, 6) is 0.214. The Bertz CT molecular complexity index is 329. The van der Waals surface area contributed by atoms with Crippen LogP contribution in [0.15, 0.2) is 6.20 Å². The zero-order valence-electron chi connectivity index (χ0n) is 8.03. The van der Waals surface area contributed by atoms with E-state index in [9.17, 15) is 4.79 Å². The van der Waals surface area contributed by atoms with Gasteiger partial charge < -0.3 is 5.73 Å². The molecule has 3 nitrogen and oxygen atoms in total. The quantitative estimate of drug-likeness (QED) is 0.814. The van der Waals surface area contributed by atoms with E-state index in [0.717, 1.165) is 5.01 Å². The normalized spacial score (nSPS) is 18.3. The van der Waals surface area contributed by atoms with Crippen LogP contribution in [-0.4, -0.2) is 10.9 Å². The minimum absolute atomic E-state index is 0.357. The summed E-state index contributed by atoms with van der Waals surface area (Å²) in [5, 5.41) is 1.10. The van der Waals surface area contributed by atoms with Crippen LogP contribution in [0.4, 0.5) is 0 Å². The number of amides is 1. The summed E-state index contributed by atoms with van der Waals surface area (Å²) >= 11 is 1.46. The molecule has 1 aliphatic carbocycles. The van der Waals surface area contributed by atoms with Crippen LogP contribution < -0.4 is 5.73 Å². The lowest BCUT2D eigenvalue weighted by Gasteiger charge is -2.18. The van der Waals surface area contributed by atoms with Crippen molar-refractivity contribution in [3.8, 4) is 0 Å². The molecule has 4 heteroatoms. The summed E-state index contributed by atoms with van der Waals surface area (Å²) < 4.78 is 0. The molecule has 0 atom stereocenters. The largest absolute Gasteiger partial charge is 0.365 e. The Balaban J connectivity index is 2.11. The lowest BCUT2D eigenvalue weighted by molar-refractivity contribution is 0.100. The standard InChI is InChI=1S/C10H14N2OS/c11-9(13)8-6-12-10(14-8)7-4-2-1-3-5-7/h6-7H,1-5H2,(H2,11,13). The molecule has 1 saturated carbocycles. The molecule has 1 amide bonds. The van der Waals surface area contributed by atoms with E-state index in [1.165, 1.54) is 43.4 Å². The van der Waals surface area contributed by atoms with Crippen LogP contribution in [-0.2, 0) is 0 Å². The van der Waals surface area contributed by atoms with Gasteiger partial charge in [0, 0.05) is 5.92 Å². The number of carbonyl (C=O) groups is 1. The number of hydrogen-bond donors (Lipinski definition) is 1. The second-order valence-corrected chi connectivity index (χ2v) is 4.82. The van der Waals surface area contributed by atoms with E-state index in [1.807, 2.05) is 0 Å². The number of primary amides is 1. The van der Waals surface area contributed by atoms with Crippen molar-refractivity contribution in [1.82, 2.24) is 4.98 Å². The van der Waals surface area contributed by atoms with Crippen molar-refractivity contribution in [1.29, 1.82) is 0 Å². The first-order chi connectivity index (χ1) is 6.77. The molecule has 1 fully saturated rings. The summed E-state index contributed by atoms with van der Waals surface area (Å²) in [4.78, 5) is 15.8. The third-order valence-electron chi connectivity index (χ3n) is 2.72. The third kappa shape index (κ3) is 1.95. The highest BCUT2D eigenvalue weighted by atomic mass is 32.1. The summed E-state index contributed by atoms with van der Waals surface area (Å²) in [6.45, 7) is 0. The van der Waals surface area contributed by atoms with E-state index < -0.39 is 0 Å². The summed E-state index contributed by atoms with van der Waals surface area (Å²) in [6.07, 6.45) is 7.95. The predicted molar refractivity (Wildman–Crippen MR) is 56.5 cm³/mol. The molecule has 76 valence electrons. The van der Waals surface area contributed by atoms with Gasteiger partial charge in [0.05, 0.1) is 11.2 Å². The summed E-state index contributed by atoms with van der Waals surface area (Å²) in [6, 6.07) is 0. The highest BCUT2D eigenvalue weighted by Crippen LogP contribution is 2.34. The summed E-state index contributed by atoms with van der Waals surface area (Å²) in [5.41, 5.74) is 5.19. The lowest BCUT2D eigenvalue weighted by atomic mass is 9.90. The third-order valence-corrected chi connectivity index (χ3v) is 3.90. The topological polar surface area (TPSA) is 56.0 Å². The fourth-order valence-corrected chi connectivity index (χ4v) is 2.88. The van der Waals surface area contributed by atoms with Gasteiger partial charge in [-0.2, -0.15) is 0 Å². The van der Waals surface area contributed by atoms with Gasteiger partial charge in [0.1, 0.15) is 4.88 Å². The van der Waals surface area contributed by atoms with Gasteiger partial charge in [-0.3, -0.25) is 4.79 Å². The van der Waals surface area contributed by atoms with Crippen molar-refractivity contribution in [3.63, 3.8) is 0 Å². The molecule has 0 spiro atoms. The van der Waals surface area contributed by atoms with Crippen molar-refractivity contribution >= 4 is 17.2 Å². The Hall–Kier alpha value is -0.900. The van der Waals surface area contributed by atoms with E-state index in [0.29, 0.717) is 10.8 Å². The van der Waals surface area contributed by atoms with E-state index in [2.05, 4.69) is 4.98 Å². The minimum Gasteiger partial charge on any atom is -0.365 e. The van der Waals surface area contributed by atoms with Crippen LogP contribution in [0, 0.1) is 0 Å². The highest BCUT2D eigenvalue weighted by Gasteiger charge is 2.19. The van der Waals surface area contributed by atoms with Gasteiger partial charge in [-0.25, -0.2) is 4.98 Å². The zero-order valence-corrected chi connectivity index (χ0v) is 8.85. The van der Waals surface area contributed by atoms with Gasteiger partial charge in [0.25, 0.3) is 5.91 Å². The monoisotopic (exact) mass is 210 g/mol. The molecule has 2 N–H and O–H groups in total. The Labute approximate surface area is 87.3 Å². The molecule has 2 rings (SSSR count). The molecule has 1 heterocycles. The Morgan fingerprint density at radius 3 is 2.71 bits per heavy atom. The molecular formula is C10H14N2OS. The van der Waals surface area contributed by atoms with Crippen LogP contribution >= 0.6 is 11.3 Å². The van der Waals surface area contributed by atoms with Crippen LogP contribution in [0.2, 0.25) is 0 Å². The number of nitrogens with two attached hydrogens (primary N) is 1. The number of carbonyl (C=O) groups excluding carboxylic acids is 1. The number of aromatic nitrogens is 1. The number of nitrogens with zero attached hydrogens (tertiary/aromatic N) is 1. The second kappa shape index (κ2) is 4.09. The van der Waals surface area contributed by atoms with Gasteiger partial charge in [0.15, 0.2) is 0 Å². The first-order valence-electron chi connectivity index (χ1n) is 5.03. The van der Waals surface area contributed by atoms with Gasteiger partial charge in [0.2, 0.25) is 0 Å². The molecular weight excluding hydrogens is 196 g/mol. The maximum absolute atomic E-state index is 10.9. The highest BCUT2D eigenvalue weighted by molar-refractivity contribution is 7.13. The molecule has 0 bridgehead atoms. The Morgan fingerprint density at radius 1 is 1.43 bits per heavy atom. The maximum atomic E-state index is 10.9. The van der Waals surface area contributed by atoms with E-state index in [1.54, 1.807) is 6.20 Å². The fraction of sp³-hybridized carbons (Fsp3) is 0.600. The molecule has 0 unspecified atom stereocenters. The number of thiazole rings is 1. The van der Waals surface area contributed by atoms with Crippen molar-refractivity contribution in [2.45, 2.75) is 38.0 Å². The molecule has 0 radical (unpaired) electrons. The maximum Gasteiger partial charge on any atom is 0.260 e. The average Bonchev–Trinajstić information content (AvgIpc) is 2.68. The Kier molecular flexibility index (Phi) is 2.82. The zero-order chi connectivity index (χ0) is 9.97. The lowest BCUT2D eigenvalue weighted by Crippen LogP contribution is -2.08. The van der Waals surface area contributed by atoms with Gasteiger partial charge >= 0.3 is 0 Å². The molecule has 0 aromatic carbocycles. The molecule has 0 saturated heterocycles. The van der Waals surface area contributed by atoms with E-state index in [-0.39, 0.29) is 5.91 Å². The van der Waals surface area contributed by atoms with Gasteiger partial charge in [-0.15, -0.1) is 11.3 Å². The van der Waals surface area contributed by atoms with E-state index >= 15 is 0 Å². The van der Waals surface area contributed by atoms with Crippen LogP contribution in [0.3, 0.4) is 0 Å². The first-order valence-corrected chi connectivity index (χ1v) is 5.84. The van der Waals surface area contributed by atoms with Crippen LogP contribution in [0.5, 0.6) is 0 Å². The van der Waals surface area contributed by atoms with Crippen LogP contribution in [0.25, 0.3) is 0 Å². The number of rotatable bonds is 2. The molecule has 14 heavy (non-hydrogen) atoms. The smallest absolute Gasteiger partial charge is 0.260 e. The van der Waals surface area contributed by atoms with Crippen LogP contribution in [0.1, 0.15) is 52.7 Å². The molecule has 0 aliphatic heterocycles. The fourth-order valence-electron chi connectivity index (χ4n) is 1.94. The van der Waals surface area contributed by atoms with Crippen molar-refractivity contribution < 1.29 is 4.79 Å².